The van der Waals surface area contributed by atoms with E-state index in [0.29, 0.717) is 18.4 Å². The summed E-state index contributed by atoms with van der Waals surface area (Å²) in [5.41, 5.74) is 6.68. The number of aromatic nitrogens is 2. The molecule has 3 aromatic rings. The number of rotatable bonds is 5. The molecule has 160 valence electrons. The third kappa shape index (κ3) is 3.85. The molecule has 0 spiro atoms. The summed E-state index contributed by atoms with van der Waals surface area (Å²) in [4.78, 5) is 26.6. The first-order chi connectivity index (χ1) is 14.9. The van der Waals surface area contributed by atoms with Crippen LogP contribution in [-0.4, -0.2) is 34.8 Å². The Hall–Kier alpha value is -3.41. The van der Waals surface area contributed by atoms with Crippen LogP contribution in [0.2, 0.25) is 0 Å². The van der Waals surface area contributed by atoms with Gasteiger partial charge in [-0.2, -0.15) is 5.10 Å². The Morgan fingerprint density at radius 2 is 1.81 bits per heavy atom. The first-order valence-corrected chi connectivity index (χ1v) is 10.5. The fourth-order valence-corrected chi connectivity index (χ4v) is 4.38. The van der Waals surface area contributed by atoms with Crippen molar-refractivity contribution in [2.45, 2.75) is 46.1 Å². The second-order valence-electron chi connectivity index (χ2n) is 8.04. The molecular weight excluding hydrogens is 390 g/mol. The van der Waals surface area contributed by atoms with E-state index in [1.807, 2.05) is 65.9 Å². The third-order valence-corrected chi connectivity index (χ3v) is 6.03. The van der Waals surface area contributed by atoms with Crippen LogP contribution in [0.15, 0.2) is 48.5 Å². The lowest BCUT2D eigenvalue weighted by atomic mass is 10.1. The van der Waals surface area contributed by atoms with Gasteiger partial charge in [-0.05, 0) is 75.1 Å². The first kappa shape index (κ1) is 20.8. The number of carbonyl (C=O) groups excluding carboxylic acids is 2. The van der Waals surface area contributed by atoms with E-state index in [1.54, 1.807) is 0 Å². The largest absolute Gasteiger partial charge is 0.469 e. The molecule has 6 heteroatoms. The highest BCUT2D eigenvalue weighted by Crippen LogP contribution is 2.33. The summed E-state index contributed by atoms with van der Waals surface area (Å²) < 4.78 is 6.61. The summed E-state index contributed by atoms with van der Waals surface area (Å²) in [5.74, 6) is -0.219. The molecule has 0 aliphatic carbocycles. The number of hydrogen-bond donors (Lipinski definition) is 0. The Kier molecular flexibility index (Phi) is 5.63. The maximum Gasteiger partial charge on any atom is 0.305 e. The molecule has 1 atom stereocenters. The quantitative estimate of drug-likeness (QED) is 0.584. The van der Waals surface area contributed by atoms with E-state index in [4.69, 9.17) is 4.74 Å². The van der Waals surface area contributed by atoms with Gasteiger partial charge in [-0.15, -0.1) is 0 Å². The lowest BCUT2D eigenvalue weighted by Gasteiger charge is -2.23. The molecule has 0 saturated carbocycles. The van der Waals surface area contributed by atoms with E-state index in [0.717, 1.165) is 34.7 Å². The fourth-order valence-electron chi connectivity index (χ4n) is 4.38. The van der Waals surface area contributed by atoms with E-state index in [2.05, 4.69) is 18.1 Å². The van der Waals surface area contributed by atoms with Gasteiger partial charge in [-0.3, -0.25) is 9.59 Å². The molecule has 2 heterocycles. The van der Waals surface area contributed by atoms with Gasteiger partial charge in [0, 0.05) is 29.4 Å². The van der Waals surface area contributed by atoms with Crippen molar-refractivity contribution in [3.63, 3.8) is 0 Å². The summed E-state index contributed by atoms with van der Waals surface area (Å²) in [5, 5.41) is 4.65. The number of nitrogens with zero attached hydrogens (tertiary/aromatic N) is 3. The predicted octanol–water partition coefficient (Wildman–Crippen LogP) is 4.19. The Balaban J connectivity index is 1.57. The normalized spacial score (nSPS) is 15.1. The number of carbonyl (C=O) groups is 2. The Morgan fingerprint density at radius 1 is 1.10 bits per heavy atom. The number of para-hydroxylation sites is 1. The van der Waals surface area contributed by atoms with Crippen LogP contribution in [0.1, 0.15) is 46.2 Å². The number of benzene rings is 2. The smallest absolute Gasteiger partial charge is 0.305 e. The number of ether oxygens (including phenoxy) is 1. The van der Waals surface area contributed by atoms with Gasteiger partial charge in [0.2, 0.25) is 0 Å². The molecular formula is C25H27N3O3. The van der Waals surface area contributed by atoms with Crippen molar-refractivity contribution >= 4 is 17.6 Å². The zero-order valence-electron chi connectivity index (χ0n) is 18.4. The van der Waals surface area contributed by atoms with E-state index in [9.17, 15) is 9.59 Å². The van der Waals surface area contributed by atoms with Gasteiger partial charge in [0.1, 0.15) is 0 Å². The molecule has 0 saturated heterocycles. The minimum absolute atomic E-state index is 0.0103. The van der Waals surface area contributed by atoms with Crippen LogP contribution in [0.3, 0.4) is 0 Å². The van der Waals surface area contributed by atoms with Crippen LogP contribution in [0.25, 0.3) is 5.69 Å². The summed E-state index contributed by atoms with van der Waals surface area (Å²) >= 11 is 0. The SMILES string of the molecule is COC(=O)CCc1c(C)nn(-c2ccc(C(=O)N3c4ccccc4CC3C)cc2)c1C. The fraction of sp³-hybridized carbons (Fsp3) is 0.320. The molecule has 1 aliphatic heterocycles. The van der Waals surface area contributed by atoms with Crippen LogP contribution in [-0.2, 0) is 22.4 Å². The molecule has 0 bridgehead atoms. The van der Waals surface area contributed by atoms with E-state index in [-0.39, 0.29) is 17.9 Å². The Labute approximate surface area is 182 Å². The number of hydrogen-bond acceptors (Lipinski definition) is 4. The third-order valence-electron chi connectivity index (χ3n) is 6.03. The van der Waals surface area contributed by atoms with Gasteiger partial charge in [0.05, 0.1) is 18.5 Å². The number of fused-ring (bicyclic) bond motifs is 1. The zero-order valence-corrected chi connectivity index (χ0v) is 18.4. The highest BCUT2D eigenvalue weighted by atomic mass is 16.5. The van der Waals surface area contributed by atoms with Crippen molar-refractivity contribution in [3.05, 3.63) is 76.6 Å². The Bertz CT molecular complexity index is 1130. The minimum Gasteiger partial charge on any atom is -0.469 e. The van der Waals surface area contributed by atoms with Gasteiger partial charge in [-0.25, -0.2) is 4.68 Å². The molecule has 0 radical (unpaired) electrons. The number of anilines is 1. The van der Waals surface area contributed by atoms with Crippen molar-refractivity contribution in [3.8, 4) is 5.69 Å². The van der Waals surface area contributed by atoms with Crippen LogP contribution in [0.4, 0.5) is 5.69 Å². The number of amides is 1. The van der Waals surface area contributed by atoms with Crippen LogP contribution in [0, 0.1) is 13.8 Å². The van der Waals surface area contributed by atoms with Gasteiger partial charge >= 0.3 is 5.97 Å². The van der Waals surface area contributed by atoms with Crippen LogP contribution < -0.4 is 4.90 Å². The maximum atomic E-state index is 13.2. The van der Waals surface area contributed by atoms with E-state index < -0.39 is 0 Å². The molecule has 1 unspecified atom stereocenters. The van der Waals surface area contributed by atoms with Crippen molar-refractivity contribution in [2.24, 2.45) is 0 Å². The Morgan fingerprint density at radius 3 is 2.52 bits per heavy atom. The summed E-state index contributed by atoms with van der Waals surface area (Å²) in [6.45, 7) is 6.02. The minimum atomic E-state index is -0.230. The second kappa shape index (κ2) is 8.38. The average molecular weight is 418 g/mol. The average Bonchev–Trinajstić information content (AvgIpc) is 3.26. The van der Waals surface area contributed by atoms with E-state index in [1.165, 1.54) is 12.7 Å². The second-order valence-corrected chi connectivity index (χ2v) is 8.04. The van der Waals surface area contributed by atoms with Crippen molar-refractivity contribution in [1.82, 2.24) is 9.78 Å². The number of esters is 1. The van der Waals surface area contributed by atoms with Gasteiger partial charge < -0.3 is 9.64 Å². The van der Waals surface area contributed by atoms with E-state index >= 15 is 0 Å². The molecule has 31 heavy (non-hydrogen) atoms. The van der Waals surface area contributed by atoms with Gasteiger partial charge in [-0.1, -0.05) is 18.2 Å². The highest BCUT2D eigenvalue weighted by molar-refractivity contribution is 6.07. The van der Waals surface area contributed by atoms with Gasteiger partial charge in [0.25, 0.3) is 5.91 Å². The molecule has 2 aromatic carbocycles. The lowest BCUT2D eigenvalue weighted by Crippen LogP contribution is -2.35. The molecule has 1 amide bonds. The molecule has 0 fully saturated rings. The summed E-state index contributed by atoms with van der Waals surface area (Å²) in [7, 11) is 1.40. The molecule has 0 N–H and O–H groups in total. The van der Waals surface area contributed by atoms with Gasteiger partial charge in [0.15, 0.2) is 0 Å². The van der Waals surface area contributed by atoms with Crippen LogP contribution in [0.5, 0.6) is 0 Å². The topological polar surface area (TPSA) is 64.4 Å². The maximum absolute atomic E-state index is 13.2. The highest BCUT2D eigenvalue weighted by Gasteiger charge is 2.31. The molecule has 6 nitrogen and oxygen atoms in total. The van der Waals surface area contributed by atoms with Crippen molar-refractivity contribution < 1.29 is 14.3 Å². The number of methoxy groups -OCH3 is 1. The molecule has 4 rings (SSSR count). The summed E-state index contributed by atoms with van der Waals surface area (Å²) in [6, 6.07) is 15.8. The summed E-state index contributed by atoms with van der Waals surface area (Å²) in [6.07, 6.45) is 1.79. The van der Waals surface area contributed by atoms with Crippen LogP contribution >= 0.6 is 0 Å². The standard InChI is InChI=1S/C25H27N3O3/c1-16-15-20-7-5-6-8-23(20)27(16)25(30)19-9-11-21(12-10-19)28-18(3)22(17(2)26-28)13-14-24(29)31-4/h5-12,16H,13-15H2,1-4H3. The zero-order chi connectivity index (χ0) is 22.1. The molecule has 1 aliphatic rings. The predicted molar refractivity (Wildman–Crippen MR) is 120 cm³/mol. The van der Waals surface area contributed by atoms with Crippen molar-refractivity contribution in [2.75, 3.05) is 12.0 Å². The first-order valence-electron chi connectivity index (χ1n) is 10.5. The molecule has 1 aromatic heterocycles. The number of aryl methyl sites for hydroxylation is 1. The van der Waals surface area contributed by atoms with Crippen molar-refractivity contribution in [1.29, 1.82) is 0 Å². The lowest BCUT2D eigenvalue weighted by molar-refractivity contribution is -0.140. The monoisotopic (exact) mass is 417 g/mol.